The van der Waals surface area contributed by atoms with E-state index in [1.165, 1.54) is 66.9 Å². The zero-order valence-electron chi connectivity index (χ0n) is 26.0. The minimum atomic E-state index is -4.78. The summed E-state index contributed by atoms with van der Waals surface area (Å²) in [5.74, 6) is -1.62. The molecule has 2 fully saturated rings. The fourth-order valence-corrected chi connectivity index (χ4v) is 6.49. The first kappa shape index (κ1) is 35.0. The molecule has 0 radical (unpaired) electrons. The molecular weight excluding hydrogens is 656 g/mol. The van der Waals surface area contributed by atoms with Crippen molar-refractivity contribution in [1.82, 2.24) is 20.1 Å². The topological polar surface area (TPSA) is 126 Å². The highest BCUT2D eigenvalue weighted by molar-refractivity contribution is 7.90. The second-order valence-corrected chi connectivity index (χ2v) is 14.0. The van der Waals surface area contributed by atoms with E-state index in [1.54, 1.807) is 4.90 Å². The Balaban J connectivity index is 1.07. The van der Waals surface area contributed by atoms with Crippen LogP contribution in [0, 0.1) is 5.92 Å². The third-order valence-corrected chi connectivity index (χ3v) is 9.60. The maximum atomic E-state index is 15.0. The van der Waals surface area contributed by atoms with Crippen LogP contribution in [0.5, 0.6) is 5.75 Å². The van der Waals surface area contributed by atoms with Crippen molar-refractivity contribution in [3.05, 3.63) is 89.2 Å². The fraction of sp³-hybridized carbons (Fsp3) is 0.394. The molecule has 0 aliphatic carbocycles. The largest absolute Gasteiger partial charge is 0.573 e. The van der Waals surface area contributed by atoms with Gasteiger partial charge in [0.25, 0.3) is 11.8 Å². The molecule has 2 amide bonds. The quantitative estimate of drug-likeness (QED) is 0.258. The van der Waals surface area contributed by atoms with Crippen molar-refractivity contribution in [1.29, 1.82) is 0 Å². The van der Waals surface area contributed by atoms with Gasteiger partial charge < -0.3 is 15.0 Å². The molecule has 0 saturated carbocycles. The van der Waals surface area contributed by atoms with Gasteiger partial charge in [-0.15, -0.1) is 13.2 Å². The number of nitrogens with zero attached hydrogens (tertiary/aromatic N) is 3. The molecule has 0 spiro atoms. The van der Waals surface area contributed by atoms with Gasteiger partial charge in [0.05, 0.1) is 16.5 Å². The van der Waals surface area contributed by atoms with E-state index in [-0.39, 0.29) is 46.1 Å². The third-order valence-electron chi connectivity index (χ3n) is 8.47. The molecule has 5 rings (SSSR count). The van der Waals surface area contributed by atoms with Crippen LogP contribution in [0.4, 0.5) is 17.6 Å². The zero-order chi connectivity index (χ0) is 34.6. The van der Waals surface area contributed by atoms with Crippen LogP contribution in [-0.2, 0) is 16.4 Å². The van der Waals surface area contributed by atoms with Gasteiger partial charge in [-0.25, -0.2) is 12.8 Å². The van der Waals surface area contributed by atoms with E-state index in [0.717, 1.165) is 6.26 Å². The Bertz CT molecular complexity index is 1730. The number of Topliss-reactive ketones (excluding diaryl/α,β-unsaturated/α-hetero) is 1. The average Bonchev–Trinajstić information content (AvgIpc) is 3.05. The molecular formula is C33H34F4N4O6S. The summed E-state index contributed by atoms with van der Waals surface area (Å²) in [5.41, 5.74) is 1.40. The highest BCUT2D eigenvalue weighted by Crippen LogP contribution is 2.26. The number of sulfone groups is 1. The number of pyridine rings is 1. The Kier molecular flexibility index (Phi) is 10.5. The number of nitrogens with one attached hydrogen (secondary N) is 1. The van der Waals surface area contributed by atoms with Gasteiger partial charge in [0.2, 0.25) is 0 Å². The van der Waals surface area contributed by atoms with Crippen molar-refractivity contribution in [3.8, 4) is 5.75 Å². The first-order valence-corrected chi connectivity index (χ1v) is 17.2. The predicted molar refractivity (Wildman–Crippen MR) is 166 cm³/mol. The standard InChI is InChI=1S/C33H34F4N4O6S/c1-48(45,46)26-9-4-22(5-10-26)30(42)23-12-16-41(17-13-23)32(44)24-6-11-29(38-18-24)31(43)39-28-14-15-40(20-27(28)34)19-21-2-7-25(8-3-21)47-33(35,36)37/h2-11,18,23,27-28H,12-17,19-20H2,1H3,(H,39,43)/t27-,28-/m0/s1. The molecule has 3 heterocycles. The lowest BCUT2D eigenvalue weighted by Gasteiger charge is -2.35. The van der Waals surface area contributed by atoms with E-state index in [1.807, 2.05) is 4.90 Å². The summed E-state index contributed by atoms with van der Waals surface area (Å²) >= 11 is 0. The second-order valence-electron chi connectivity index (χ2n) is 12.0. The monoisotopic (exact) mass is 690 g/mol. The number of carbonyl (C=O) groups is 3. The highest BCUT2D eigenvalue weighted by Gasteiger charge is 2.33. The smallest absolute Gasteiger partial charge is 0.406 e. The molecule has 15 heteroatoms. The van der Waals surface area contributed by atoms with Crippen LogP contribution in [0.15, 0.2) is 71.8 Å². The number of ether oxygens (including phenoxy) is 1. The molecule has 10 nitrogen and oxygen atoms in total. The Labute approximate surface area is 275 Å². The summed E-state index contributed by atoms with van der Waals surface area (Å²) in [7, 11) is -3.37. The molecule has 256 valence electrons. The lowest BCUT2D eigenvalue weighted by Crippen LogP contribution is -2.52. The number of amides is 2. The number of aromatic nitrogens is 1. The van der Waals surface area contributed by atoms with Crippen molar-refractivity contribution in [3.63, 3.8) is 0 Å². The molecule has 2 atom stereocenters. The van der Waals surface area contributed by atoms with Crippen molar-refractivity contribution >= 4 is 27.4 Å². The van der Waals surface area contributed by atoms with Crippen LogP contribution < -0.4 is 10.1 Å². The van der Waals surface area contributed by atoms with Gasteiger partial charge in [0.15, 0.2) is 15.6 Å². The van der Waals surface area contributed by atoms with Crippen LogP contribution in [0.2, 0.25) is 0 Å². The summed E-state index contributed by atoms with van der Waals surface area (Å²) in [4.78, 5) is 46.5. The van der Waals surface area contributed by atoms with Gasteiger partial charge >= 0.3 is 6.36 Å². The lowest BCUT2D eigenvalue weighted by atomic mass is 9.88. The van der Waals surface area contributed by atoms with E-state index < -0.39 is 34.3 Å². The Hall–Kier alpha value is -4.37. The first-order chi connectivity index (χ1) is 22.7. The molecule has 3 aromatic rings. The summed E-state index contributed by atoms with van der Waals surface area (Å²) < 4.78 is 79.4. The molecule has 1 N–H and O–H groups in total. The van der Waals surface area contributed by atoms with Crippen molar-refractivity contribution in [2.45, 2.75) is 49.3 Å². The van der Waals surface area contributed by atoms with E-state index in [0.29, 0.717) is 56.6 Å². The Morgan fingerprint density at radius 3 is 2.12 bits per heavy atom. The zero-order valence-corrected chi connectivity index (χ0v) is 26.8. The highest BCUT2D eigenvalue weighted by atomic mass is 32.2. The van der Waals surface area contributed by atoms with Crippen LogP contribution in [0.1, 0.15) is 56.0 Å². The van der Waals surface area contributed by atoms with Gasteiger partial charge in [0, 0.05) is 56.7 Å². The molecule has 2 aromatic carbocycles. The summed E-state index contributed by atoms with van der Waals surface area (Å²) in [6, 6.07) is 13.3. The number of hydrogen-bond acceptors (Lipinski definition) is 8. The molecule has 0 unspecified atom stereocenters. The number of hydrogen-bond donors (Lipinski definition) is 1. The first-order valence-electron chi connectivity index (χ1n) is 15.3. The van der Waals surface area contributed by atoms with Crippen molar-refractivity contribution in [2.24, 2.45) is 5.92 Å². The number of carbonyl (C=O) groups excluding carboxylic acids is 3. The van der Waals surface area contributed by atoms with E-state index in [2.05, 4.69) is 15.0 Å². The van der Waals surface area contributed by atoms with Crippen molar-refractivity contribution in [2.75, 3.05) is 32.4 Å². The molecule has 2 aliphatic heterocycles. The van der Waals surface area contributed by atoms with Crippen LogP contribution >= 0.6 is 0 Å². The normalized spacial score (nSPS) is 19.5. The fourth-order valence-electron chi connectivity index (χ4n) is 5.86. The number of benzene rings is 2. The molecule has 0 bridgehead atoms. The van der Waals surface area contributed by atoms with Gasteiger partial charge in [-0.3, -0.25) is 24.3 Å². The number of rotatable bonds is 9. The van der Waals surface area contributed by atoms with E-state index in [4.69, 9.17) is 0 Å². The van der Waals surface area contributed by atoms with Gasteiger partial charge in [-0.2, -0.15) is 0 Å². The number of piperidine rings is 2. The number of likely N-dealkylation sites (tertiary alicyclic amines) is 2. The molecule has 1 aromatic heterocycles. The van der Waals surface area contributed by atoms with E-state index >= 15 is 4.39 Å². The van der Waals surface area contributed by atoms with Crippen LogP contribution in [0.3, 0.4) is 0 Å². The Morgan fingerprint density at radius 2 is 1.56 bits per heavy atom. The number of alkyl halides is 4. The van der Waals surface area contributed by atoms with Gasteiger partial charge in [-0.05, 0) is 61.2 Å². The van der Waals surface area contributed by atoms with Crippen LogP contribution in [-0.4, -0.2) is 91.8 Å². The molecule has 2 saturated heterocycles. The lowest BCUT2D eigenvalue weighted by molar-refractivity contribution is -0.274. The van der Waals surface area contributed by atoms with Gasteiger partial charge in [0.1, 0.15) is 17.6 Å². The van der Waals surface area contributed by atoms with Gasteiger partial charge in [-0.1, -0.05) is 24.3 Å². The number of ketones is 1. The molecule has 2 aliphatic rings. The second kappa shape index (κ2) is 14.4. The summed E-state index contributed by atoms with van der Waals surface area (Å²) in [5, 5.41) is 2.67. The number of halogens is 4. The van der Waals surface area contributed by atoms with E-state index in [9.17, 15) is 36.0 Å². The van der Waals surface area contributed by atoms with Crippen LogP contribution in [0.25, 0.3) is 0 Å². The average molecular weight is 691 g/mol. The van der Waals surface area contributed by atoms with Crippen molar-refractivity contribution < 1.29 is 45.1 Å². The predicted octanol–water partition coefficient (Wildman–Crippen LogP) is 4.46. The maximum Gasteiger partial charge on any atom is 0.573 e. The molecule has 48 heavy (non-hydrogen) atoms. The summed E-state index contributed by atoms with van der Waals surface area (Å²) in [6.07, 6.45) is -2.59. The SMILES string of the molecule is CS(=O)(=O)c1ccc(C(=O)C2CCN(C(=O)c3ccc(C(=O)N[C@H]4CCN(Cc5ccc(OC(F)(F)F)cc5)C[C@@H]4F)nc3)CC2)cc1. The minimum absolute atomic E-state index is 0.0182. The maximum absolute atomic E-state index is 15.0. The Morgan fingerprint density at radius 1 is 0.917 bits per heavy atom. The third kappa shape index (κ3) is 8.95. The summed E-state index contributed by atoms with van der Waals surface area (Å²) in [6.45, 7) is 1.47. The minimum Gasteiger partial charge on any atom is -0.406 e.